The number of ether oxygens (including phenoxy) is 1. The zero-order chi connectivity index (χ0) is 21.6. The third-order valence-corrected chi connectivity index (χ3v) is 6.74. The van der Waals surface area contributed by atoms with Gasteiger partial charge < -0.3 is 15.4 Å². The molecule has 8 heteroatoms. The molecule has 2 unspecified atom stereocenters. The normalized spacial score (nSPS) is 19.7. The van der Waals surface area contributed by atoms with Gasteiger partial charge in [0.2, 0.25) is 0 Å². The molecule has 0 bridgehead atoms. The highest BCUT2D eigenvalue weighted by Crippen LogP contribution is 2.25. The van der Waals surface area contributed by atoms with E-state index in [1.54, 1.807) is 14.0 Å². The summed E-state index contributed by atoms with van der Waals surface area (Å²) in [6.45, 7) is 16.0. The van der Waals surface area contributed by atoms with Gasteiger partial charge in [0.15, 0.2) is 5.96 Å². The van der Waals surface area contributed by atoms with Crippen LogP contribution in [-0.2, 0) is 4.74 Å². The molecular weight excluding hydrogens is 386 g/mol. The highest BCUT2D eigenvalue weighted by atomic mass is 32.1. The first kappa shape index (κ1) is 23.6. The van der Waals surface area contributed by atoms with Gasteiger partial charge in [0, 0.05) is 25.7 Å². The molecule has 1 fully saturated rings. The molecule has 0 spiro atoms. The molecule has 2 atom stereocenters. The average Bonchev–Trinajstić information content (AvgIpc) is 3.07. The molecule has 2 heterocycles. The first-order chi connectivity index (χ1) is 13.7. The Bertz CT molecular complexity index is 716. The van der Waals surface area contributed by atoms with Crippen molar-refractivity contribution in [2.24, 2.45) is 10.9 Å². The van der Waals surface area contributed by atoms with Gasteiger partial charge in [-0.25, -0.2) is 9.78 Å². The van der Waals surface area contributed by atoms with Gasteiger partial charge in [0.25, 0.3) is 0 Å². The second-order valence-electron chi connectivity index (χ2n) is 8.48. The molecule has 7 nitrogen and oxygen atoms in total. The number of thiazole rings is 1. The molecule has 1 saturated heterocycles. The minimum absolute atomic E-state index is 0.0460. The quantitative estimate of drug-likeness (QED) is 0.398. The van der Waals surface area contributed by atoms with Crippen molar-refractivity contribution >= 4 is 23.3 Å². The van der Waals surface area contributed by atoms with Crippen LogP contribution in [0.3, 0.4) is 0 Å². The molecule has 0 saturated carbocycles. The zero-order valence-corrected chi connectivity index (χ0v) is 19.8. The Balaban J connectivity index is 1.95. The van der Waals surface area contributed by atoms with Gasteiger partial charge in [0.1, 0.15) is 9.88 Å². The van der Waals surface area contributed by atoms with E-state index in [-0.39, 0.29) is 17.6 Å². The maximum absolute atomic E-state index is 12.1. The van der Waals surface area contributed by atoms with Crippen LogP contribution < -0.4 is 10.6 Å². The second kappa shape index (κ2) is 10.4. The van der Waals surface area contributed by atoms with E-state index < -0.39 is 0 Å². The summed E-state index contributed by atoms with van der Waals surface area (Å²) >= 11 is 1.38. The molecular formula is C21H37N5O2S. The van der Waals surface area contributed by atoms with Crippen molar-refractivity contribution in [3.05, 3.63) is 15.6 Å². The number of carbonyl (C=O) groups excluding carboxylic acids is 1. The fourth-order valence-corrected chi connectivity index (χ4v) is 4.56. The molecule has 2 N–H and O–H groups in total. The van der Waals surface area contributed by atoms with E-state index in [0.717, 1.165) is 36.5 Å². The number of guanidine groups is 1. The van der Waals surface area contributed by atoms with Gasteiger partial charge in [-0.15, -0.1) is 11.3 Å². The number of hydrogen-bond donors (Lipinski definition) is 2. The third kappa shape index (κ3) is 6.40. The Morgan fingerprint density at radius 2 is 2.21 bits per heavy atom. The summed E-state index contributed by atoms with van der Waals surface area (Å²) in [5.41, 5.74) is 0.755. The number of aromatic nitrogens is 1. The molecule has 1 aromatic heterocycles. The maximum atomic E-state index is 12.1. The minimum Gasteiger partial charge on any atom is -0.462 e. The zero-order valence-electron chi connectivity index (χ0n) is 19.0. The van der Waals surface area contributed by atoms with Crippen LogP contribution >= 0.6 is 11.3 Å². The van der Waals surface area contributed by atoms with Gasteiger partial charge in [-0.3, -0.25) is 9.89 Å². The number of nitrogens with one attached hydrogen (secondary N) is 2. The topological polar surface area (TPSA) is 78.8 Å². The lowest BCUT2D eigenvalue weighted by Crippen LogP contribution is -2.56. The standard InChI is InChI=1S/C21H37N5O2S/c1-8-28-19(27)17-15(3)24-18(29-17)16(4)25-20(22-7)23-13-21(5,6)26-11-9-10-14(2)12-26/h14,16H,8-13H2,1-7H3,(H2,22,23,25). The highest BCUT2D eigenvalue weighted by Gasteiger charge is 2.30. The maximum Gasteiger partial charge on any atom is 0.350 e. The molecule has 0 aromatic carbocycles. The predicted octanol–water partition coefficient (Wildman–Crippen LogP) is 3.36. The summed E-state index contributed by atoms with van der Waals surface area (Å²) in [5, 5.41) is 7.71. The average molecular weight is 424 g/mol. The van der Waals surface area contributed by atoms with Crippen molar-refractivity contribution in [3.63, 3.8) is 0 Å². The highest BCUT2D eigenvalue weighted by molar-refractivity contribution is 7.13. The summed E-state index contributed by atoms with van der Waals surface area (Å²) < 4.78 is 5.12. The third-order valence-electron chi connectivity index (χ3n) is 5.42. The molecule has 164 valence electrons. The molecule has 0 radical (unpaired) electrons. The summed E-state index contributed by atoms with van der Waals surface area (Å²) in [7, 11) is 1.77. The number of piperidine rings is 1. The van der Waals surface area contributed by atoms with E-state index in [1.165, 1.54) is 24.2 Å². The smallest absolute Gasteiger partial charge is 0.350 e. The molecule has 0 aliphatic carbocycles. The van der Waals surface area contributed by atoms with Crippen LogP contribution in [0, 0.1) is 12.8 Å². The number of aryl methyl sites for hydroxylation is 1. The number of carbonyl (C=O) groups is 1. The van der Waals surface area contributed by atoms with E-state index >= 15 is 0 Å². The van der Waals surface area contributed by atoms with Crippen molar-refractivity contribution < 1.29 is 9.53 Å². The number of hydrogen-bond acceptors (Lipinski definition) is 6. The van der Waals surface area contributed by atoms with Crippen LogP contribution in [0.4, 0.5) is 0 Å². The lowest BCUT2D eigenvalue weighted by molar-refractivity contribution is 0.0531. The van der Waals surface area contributed by atoms with Crippen LogP contribution in [0.15, 0.2) is 4.99 Å². The van der Waals surface area contributed by atoms with E-state index in [2.05, 4.69) is 46.3 Å². The van der Waals surface area contributed by atoms with Gasteiger partial charge in [0.05, 0.1) is 18.3 Å². The number of aliphatic imine (C=N–C) groups is 1. The van der Waals surface area contributed by atoms with E-state index in [9.17, 15) is 4.79 Å². The van der Waals surface area contributed by atoms with E-state index in [0.29, 0.717) is 17.2 Å². The summed E-state index contributed by atoms with van der Waals surface area (Å²) in [4.78, 5) is 24.1. The van der Waals surface area contributed by atoms with Gasteiger partial charge in [-0.05, 0) is 59.9 Å². The second-order valence-corrected chi connectivity index (χ2v) is 9.52. The molecule has 1 aromatic rings. The Labute approximate surface area is 179 Å². The molecule has 0 amide bonds. The van der Waals surface area contributed by atoms with Crippen LogP contribution in [0.25, 0.3) is 0 Å². The van der Waals surface area contributed by atoms with Gasteiger partial charge in [-0.2, -0.15) is 0 Å². The van der Waals surface area contributed by atoms with Crippen molar-refractivity contribution in [3.8, 4) is 0 Å². The van der Waals surface area contributed by atoms with Crippen LogP contribution in [0.2, 0.25) is 0 Å². The summed E-state index contributed by atoms with van der Waals surface area (Å²) in [5.74, 6) is 1.18. The molecule has 2 rings (SSSR count). The minimum atomic E-state index is -0.305. The molecule has 29 heavy (non-hydrogen) atoms. The Morgan fingerprint density at radius 1 is 1.48 bits per heavy atom. The van der Waals surface area contributed by atoms with Crippen molar-refractivity contribution in [1.82, 2.24) is 20.5 Å². The molecule has 1 aliphatic heterocycles. The molecule has 1 aliphatic rings. The first-order valence-electron chi connectivity index (χ1n) is 10.5. The summed E-state index contributed by atoms with van der Waals surface area (Å²) in [6, 6.07) is -0.0637. The van der Waals surface area contributed by atoms with Crippen molar-refractivity contribution in [1.29, 1.82) is 0 Å². The number of likely N-dealkylation sites (tertiary alicyclic amines) is 1. The van der Waals surface area contributed by atoms with Crippen LogP contribution in [-0.4, -0.2) is 60.6 Å². The lowest BCUT2D eigenvalue weighted by Gasteiger charge is -2.43. The number of esters is 1. The van der Waals surface area contributed by atoms with Crippen LogP contribution in [0.5, 0.6) is 0 Å². The number of rotatable bonds is 7. The van der Waals surface area contributed by atoms with Crippen LogP contribution in [0.1, 0.15) is 73.9 Å². The lowest BCUT2D eigenvalue weighted by atomic mass is 9.93. The monoisotopic (exact) mass is 423 g/mol. The predicted molar refractivity (Wildman–Crippen MR) is 120 cm³/mol. The fourth-order valence-electron chi connectivity index (χ4n) is 3.60. The fraction of sp³-hybridized carbons (Fsp3) is 0.762. The van der Waals surface area contributed by atoms with E-state index in [1.807, 2.05) is 13.8 Å². The largest absolute Gasteiger partial charge is 0.462 e. The number of nitrogens with zero attached hydrogens (tertiary/aromatic N) is 3. The SMILES string of the molecule is CCOC(=O)c1sc(C(C)NC(=NC)NCC(C)(C)N2CCCC(C)C2)nc1C. The van der Waals surface area contributed by atoms with Gasteiger partial charge >= 0.3 is 5.97 Å². The summed E-state index contributed by atoms with van der Waals surface area (Å²) in [6.07, 6.45) is 2.59. The van der Waals surface area contributed by atoms with E-state index in [4.69, 9.17) is 4.74 Å². The Morgan fingerprint density at radius 3 is 2.83 bits per heavy atom. The Kier molecular flexibility index (Phi) is 8.46. The first-order valence-corrected chi connectivity index (χ1v) is 11.4. The van der Waals surface area contributed by atoms with Crippen molar-refractivity contribution in [2.45, 2.75) is 66.0 Å². The van der Waals surface area contributed by atoms with Crippen molar-refractivity contribution in [2.75, 3.05) is 33.3 Å². The Hall–Kier alpha value is -1.67. The van der Waals surface area contributed by atoms with Gasteiger partial charge in [-0.1, -0.05) is 6.92 Å².